The Morgan fingerprint density at radius 3 is 2.45 bits per heavy atom. The molecule has 1 amide bonds. The van der Waals surface area contributed by atoms with Crippen LogP contribution in [0.5, 0.6) is 0 Å². The van der Waals surface area contributed by atoms with Crippen LogP contribution in [0.25, 0.3) is 0 Å². The van der Waals surface area contributed by atoms with E-state index in [4.69, 9.17) is 14.2 Å². The van der Waals surface area contributed by atoms with E-state index in [1.54, 1.807) is 4.90 Å². The number of nitrogens with zero attached hydrogens (tertiary/aromatic N) is 1. The first-order valence-corrected chi connectivity index (χ1v) is 7.39. The maximum absolute atomic E-state index is 12.2. The highest BCUT2D eigenvalue weighted by atomic mass is 16.7. The van der Waals surface area contributed by atoms with E-state index in [0.717, 1.165) is 18.4 Å². The van der Waals surface area contributed by atoms with Crippen LogP contribution in [-0.4, -0.2) is 48.7 Å². The summed E-state index contributed by atoms with van der Waals surface area (Å²) < 4.78 is 16.9. The van der Waals surface area contributed by atoms with Crippen LogP contribution in [0.3, 0.4) is 0 Å². The average molecular weight is 283 g/mol. The summed E-state index contributed by atoms with van der Waals surface area (Å²) >= 11 is 0. The highest BCUT2D eigenvalue weighted by Crippen LogP contribution is 2.38. The maximum atomic E-state index is 12.2. The first kappa shape index (κ1) is 15.3. The van der Waals surface area contributed by atoms with Gasteiger partial charge in [-0.15, -0.1) is 0 Å². The molecule has 0 aromatic rings. The SMILES string of the molecule is CC(C)N(C(=O)OCC1=CCCC12OCCO2)C(C)C. The normalized spacial score (nSPS) is 20.8. The zero-order valence-electron chi connectivity index (χ0n) is 12.8. The Kier molecular flexibility index (Phi) is 4.70. The summed E-state index contributed by atoms with van der Waals surface area (Å²) in [5, 5.41) is 0. The Balaban J connectivity index is 1.93. The molecular weight excluding hydrogens is 258 g/mol. The van der Waals surface area contributed by atoms with Crippen LogP contribution >= 0.6 is 0 Å². The third kappa shape index (κ3) is 2.99. The topological polar surface area (TPSA) is 48.0 Å². The lowest BCUT2D eigenvalue weighted by Gasteiger charge is -2.31. The van der Waals surface area contributed by atoms with Gasteiger partial charge in [0.15, 0.2) is 5.79 Å². The predicted octanol–water partition coefficient (Wildman–Crippen LogP) is 2.71. The van der Waals surface area contributed by atoms with Crippen molar-refractivity contribution in [2.24, 2.45) is 0 Å². The highest BCUT2D eigenvalue weighted by Gasteiger charge is 2.43. The van der Waals surface area contributed by atoms with Crippen LogP contribution in [-0.2, 0) is 14.2 Å². The minimum absolute atomic E-state index is 0.119. The van der Waals surface area contributed by atoms with Gasteiger partial charge in [0, 0.05) is 24.1 Å². The van der Waals surface area contributed by atoms with E-state index in [-0.39, 0.29) is 24.8 Å². The van der Waals surface area contributed by atoms with E-state index < -0.39 is 5.79 Å². The Morgan fingerprint density at radius 2 is 1.90 bits per heavy atom. The van der Waals surface area contributed by atoms with Gasteiger partial charge in [0.25, 0.3) is 0 Å². The monoisotopic (exact) mass is 283 g/mol. The molecule has 0 bridgehead atoms. The average Bonchev–Trinajstić information content (AvgIpc) is 2.97. The molecule has 0 radical (unpaired) electrons. The lowest BCUT2D eigenvalue weighted by molar-refractivity contribution is -0.128. The summed E-state index contributed by atoms with van der Waals surface area (Å²) in [5.74, 6) is -0.624. The van der Waals surface area contributed by atoms with E-state index in [0.29, 0.717) is 13.2 Å². The van der Waals surface area contributed by atoms with Gasteiger partial charge in [-0.25, -0.2) is 4.79 Å². The second-order valence-corrected chi connectivity index (χ2v) is 5.87. The molecule has 0 saturated carbocycles. The molecule has 0 unspecified atom stereocenters. The molecule has 5 nitrogen and oxygen atoms in total. The minimum Gasteiger partial charge on any atom is -0.445 e. The van der Waals surface area contributed by atoms with Crippen LogP contribution in [0, 0.1) is 0 Å². The predicted molar refractivity (Wildman–Crippen MR) is 75.4 cm³/mol. The molecule has 1 aliphatic heterocycles. The summed E-state index contributed by atoms with van der Waals surface area (Å²) in [4.78, 5) is 13.9. The summed E-state index contributed by atoms with van der Waals surface area (Å²) in [6.07, 6.45) is 3.51. The lowest BCUT2D eigenvalue weighted by atomic mass is 10.1. The zero-order chi connectivity index (χ0) is 14.8. The van der Waals surface area contributed by atoms with Gasteiger partial charge < -0.3 is 19.1 Å². The van der Waals surface area contributed by atoms with E-state index in [9.17, 15) is 4.79 Å². The molecule has 114 valence electrons. The molecule has 0 aromatic heterocycles. The molecule has 0 aromatic carbocycles. The number of hydrogen-bond donors (Lipinski definition) is 0. The quantitative estimate of drug-likeness (QED) is 0.744. The molecular formula is C15H25NO4. The number of hydrogen-bond acceptors (Lipinski definition) is 4. The van der Waals surface area contributed by atoms with Crippen LogP contribution in [0.15, 0.2) is 11.6 Å². The van der Waals surface area contributed by atoms with E-state index >= 15 is 0 Å². The molecule has 1 saturated heterocycles. The molecule has 1 heterocycles. The Hall–Kier alpha value is -1.07. The lowest BCUT2D eigenvalue weighted by Crippen LogP contribution is -2.43. The van der Waals surface area contributed by atoms with Crippen molar-refractivity contribution in [1.82, 2.24) is 4.90 Å². The molecule has 1 spiro atoms. The molecule has 5 heteroatoms. The van der Waals surface area contributed by atoms with Crippen molar-refractivity contribution in [3.05, 3.63) is 11.6 Å². The van der Waals surface area contributed by atoms with Gasteiger partial charge in [0.2, 0.25) is 0 Å². The smallest absolute Gasteiger partial charge is 0.410 e. The Morgan fingerprint density at radius 1 is 1.30 bits per heavy atom. The van der Waals surface area contributed by atoms with Gasteiger partial charge in [-0.1, -0.05) is 6.08 Å². The maximum Gasteiger partial charge on any atom is 0.410 e. The van der Waals surface area contributed by atoms with Gasteiger partial charge in [0.1, 0.15) is 6.61 Å². The molecule has 0 atom stereocenters. The van der Waals surface area contributed by atoms with Crippen molar-refractivity contribution < 1.29 is 19.0 Å². The van der Waals surface area contributed by atoms with Gasteiger partial charge in [0.05, 0.1) is 13.2 Å². The number of ether oxygens (including phenoxy) is 3. The third-order valence-corrected chi connectivity index (χ3v) is 3.78. The van der Waals surface area contributed by atoms with Crippen molar-refractivity contribution in [2.45, 2.75) is 58.4 Å². The van der Waals surface area contributed by atoms with E-state index in [1.165, 1.54) is 0 Å². The third-order valence-electron chi connectivity index (χ3n) is 3.78. The van der Waals surface area contributed by atoms with E-state index in [2.05, 4.69) is 6.08 Å². The number of allylic oxidation sites excluding steroid dienone is 1. The molecule has 1 aliphatic carbocycles. The molecule has 2 aliphatic rings. The van der Waals surface area contributed by atoms with Gasteiger partial charge >= 0.3 is 6.09 Å². The fourth-order valence-corrected chi connectivity index (χ4v) is 2.94. The summed E-state index contributed by atoms with van der Waals surface area (Å²) in [7, 11) is 0. The number of carbonyl (C=O) groups is 1. The minimum atomic E-state index is -0.624. The fraction of sp³-hybridized carbons (Fsp3) is 0.800. The van der Waals surface area contributed by atoms with E-state index in [1.807, 2.05) is 27.7 Å². The van der Waals surface area contributed by atoms with Crippen molar-refractivity contribution in [3.63, 3.8) is 0 Å². The van der Waals surface area contributed by atoms with Crippen molar-refractivity contribution >= 4 is 6.09 Å². The Labute approximate surface area is 120 Å². The van der Waals surface area contributed by atoms with Gasteiger partial charge in [-0.3, -0.25) is 0 Å². The van der Waals surface area contributed by atoms with Crippen LogP contribution in [0.4, 0.5) is 4.79 Å². The first-order valence-electron chi connectivity index (χ1n) is 7.39. The summed E-state index contributed by atoms with van der Waals surface area (Å²) in [6, 6.07) is 0.237. The molecule has 0 N–H and O–H groups in total. The molecule has 2 rings (SSSR count). The number of rotatable bonds is 4. The summed E-state index contributed by atoms with van der Waals surface area (Å²) in [6.45, 7) is 9.41. The van der Waals surface area contributed by atoms with Crippen molar-refractivity contribution in [1.29, 1.82) is 0 Å². The van der Waals surface area contributed by atoms with Crippen molar-refractivity contribution in [3.8, 4) is 0 Å². The van der Waals surface area contributed by atoms with Crippen LogP contribution in [0.1, 0.15) is 40.5 Å². The molecule has 1 fully saturated rings. The fourth-order valence-electron chi connectivity index (χ4n) is 2.94. The zero-order valence-corrected chi connectivity index (χ0v) is 12.8. The largest absolute Gasteiger partial charge is 0.445 e. The van der Waals surface area contributed by atoms with Gasteiger partial charge in [-0.2, -0.15) is 0 Å². The number of amides is 1. The first-order chi connectivity index (χ1) is 9.46. The second kappa shape index (κ2) is 6.14. The highest BCUT2D eigenvalue weighted by molar-refractivity contribution is 5.68. The van der Waals surface area contributed by atoms with Crippen LogP contribution < -0.4 is 0 Å². The standard InChI is InChI=1S/C15H25NO4/c1-11(2)16(12(3)4)14(17)18-10-13-6-5-7-15(13)19-8-9-20-15/h6,11-12H,5,7-10H2,1-4H3. The molecule has 20 heavy (non-hydrogen) atoms. The summed E-state index contributed by atoms with van der Waals surface area (Å²) in [5.41, 5.74) is 0.941. The Bertz CT molecular complexity index is 375. The van der Waals surface area contributed by atoms with Crippen LogP contribution in [0.2, 0.25) is 0 Å². The van der Waals surface area contributed by atoms with Crippen molar-refractivity contribution in [2.75, 3.05) is 19.8 Å². The van der Waals surface area contributed by atoms with Gasteiger partial charge in [-0.05, 0) is 34.1 Å². The number of carbonyl (C=O) groups excluding carboxylic acids is 1. The second-order valence-electron chi connectivity index (χ2n) is 5.87.